The summed E-state index contributed by atoms with van der Waals surface area (Å²) in [6.07, 6.45) is 1.94. The molecule has 0 amide bonds. The maximum atomic E-state index is 9.07. The van der Waals surface area contributed by atoms with Crippen molar-refractivity contribution in [2.24, 2.45) is 0 Å². The highest BCUT2D eigenvalue weighted by molar-refractivity contribution is 5.52. The van der Waals surface area contributed by atoms with Crippen molar-refractivity contribution in [3.8, 4) is 6.07 Å². The first-order valence-corrected chi connectivity index (χ1v) is 8.98. The predicted octanol–water partition coefficient (Wildman–Crippen LogP) is 2.41. The number of rotatable bonds is 5. The van der Waals surface area contributed by atoms with Gasteiger partial charge in [-0.3, -0.25) is 0 Å². The molecule has 2 aromatic rings. The van der Waals surface area contributed by atoms with Crippen molar-refractivity contribution in [3.05, 3.63) is 52.5 Å². The quantitative estimate of drug-likeness (QED) is 0.909. The summed E-state index contributed by atoms with van der Waals surface area (Å²) in [5.74, 6) is 1.65. The van der Waals surface area contributed by atoms with Crippen molar-refractivity contribution < 1.29 is 0 Å². The van der Waals surface area contributed by atoms with Crippen LogP contribution < -0.4 is 10.2 Å². The van der Waals surface area contributed by atoms with E-state index in [1.165, 1.54) is 16.7 Å². The molecule has 0 aliphatic carbocycles. The normalized spacial score (nSPS) is 14.4. The molecule has 1 N–H and O–H groups in total. The van der Waals surface area contributed by atoms with Crippen LogP contribution in [0.5, 0.6) is 0 Å². The summed E-state index contributed by atoms with van der Waals surface area (Å²) < 4.78 is 0. The molecule has 5 heteroatoms. The molecule has 5 nitrogen and oxygen atoms in total. The lowest BCUT2D eigenvalue weighted by Gasteiger charge is -2.31. The highest BCUT2D eigenvalue weighted by Gasteiger charge is 2.20. The number of anilines is 1. The van der Waals surface area contributed by atoms with Gasteiger partial charge < -0.3 is 10.2 Å². The number of hydrogen-bond acceptors (Lipinski definition) is 5. The second-order valence-electron chi connectivity index (χ2n) is 6.48. The zero-order valence-electron chi connectivity index (χ0n) is 15.0. The minimum Gasteiger partial charge on any atom is -0.354 e. The standard InChI is InChI=1S/C20H25N5/c1-3-18-17(14-16-6-4-5-15(2)13-16)20(24-19(23-18)7-8-21)25-11-9-22-10-12-25/h4-6,13,22H,3,7,9-12,14H2,1-2H3. The van der Waals surface area contributed by atoms with Gasteiger partial charge >= 0.3 is 0 Å². The topological polar surface area (TPSA) is 64.8 Å². The lowest BCUT2D eigenvalue weighted by molar-refractivity contribution is 0.581. The Balaban J connectivity index is 2.04. The molecule has 1 aromatic heterocycles. The van der Waals surface area contributed by atoms with E-state index in [1.54, 1.807) is 0 Å². The lowest BCUT2D eigenvalue weighted by atomic mass is 10.0. The Morgan fingerprint density at radius 3 is 2.72 bits per heavy atom. The molecule has 0 spiro atoms. The van der Waals surface area contributed by atoms with Crippen LogP contribution in [-0.2, 0) is 19.3 Å². The van der Waals surface area contributed by atoms with Crippen molar-refractivity contribution in [1.29, 1.82) is 5.26 Å². The van der Waals surface area contributed by atoms with Gasteiger partial charge in [-0.15, -0.1) is 0 Å². The van der Waals surface area contributed by atoms with Gasteiger partial charge in [-0.05, 0) is 18.9 Å². The first-order valence-electron chi connectivity index (χ1n) is 8.98. The molecule has 0 atom stereocenters. The van der Waals surface area contributed by atoms with Gasteiger partial charge in [0.25, 0.3) is 0 Å². The third-order valence-electron chi connectivity index (χ3n) is 4.57. The van der Waals surface area contributed by atoms with Crippen molar-refractivity contribution >= 4 is 5.82 Å². The van der Waals surface area contributed by atoms with E-state index in [0.717, 1.165) is 50.5 Å². The van der Waals surface area contributed by atoms with Crippen LogP contribution in [0.4, 0.5) is 5.82 Å². The SMILES string of the molecule is CCc1nc(CC#N)nc(N2CCNCC2)c1Cc1cccc(C)c1. The third-order valence-corrected chi connectivity index (χ3v) is 4.57. The highest BCUT2D eigenvalue weighted by Crippen LogP contribution is 2.25. The Hall–Kier alpha value is -2.45. The van der Waals surface area contributed by atoms with Gasteiger partial charge in [-0.25, -0.2) is 9.97 Å². The molecule has 0 unspecified atom stereocenters. The van der Waals surface area contributed by atoms with E-state index < -0.39 is 0 Å². The lowest BCUT2D eigenvalue weighted by Crippen LogP contribution is -2.44. The van der Waals surface area contributed by atoms with E-state index >= 15 is 0 Å². The van der Waals surface area contributed by atoms with Crippen LogP contribution in [0.3, 0.4) is 0 Å². The fraction of sp³-hybridized carbons (Fsp3) is 0.450. The Labute approximate surface area is 149 Å². The minimum atomic E-state index is 0.261. The average Bonchev–Trinajstić information content (AvgIpc) is 2.63. The number of aryl methyl sites for hydroxylation is 2. The van der Waals surface area contributed by atoms with E-state index in [9.17, 15) is 0 Å². The van der Waals surface area contributed by atoms with E-state index in [-0.39, 0.29) is 6.42 Å². The summed E-state index contributed by atoms with van der Waals surface area (Å²) in [6, 6.07) is 10.8. The molecule has 0 radical (unpaired) electrons. The zero-order valence-corrected chi connectivity index (χ0v) is 15.0. The average molecular weight is 335 g/mol. The fourth-order valence-corrected chi connectivity index (χ4v) is 3.35. The van der Waals surface area contributed by atoms with E-state index in [2.05, 4.69) is 59.4 Å². The summed E-state index contributed by atoms with van der Waals surface area (Å²) in [5.41, 5.74) is 4.82. The smallest absolute Gasteiger partial charge is 0.145 e. The van der Waals surface area contributed by atoms with Crippen LogP contribution in [0.25, 0.3) is 0 Å². The van der Waals surface area contributed by atoms with Crippen molar-refractivity contribution in [1.82, 2.24) is 15.3 Å². The summed E-state index contributed by atoms with van der Waals surface area (Å²) in [6.45, 7) is 8.04. The molecular weight excluding hydrogens is 310 g/mol. The molecule has 3 rings (SSSR count). The van der Waals surface area contributed by atoms with Gasteiger partial charge in [0.05, 0.1) is 12.5 Å². The number of benzene rings is 1. The number of aromatic nitrogens is 2. The molecule has 130 valence electrons. The van der Waals surface area contributed by atoms with E-state index in [4.69, 9.17) is 10.2 Å². The molecule has 0 bridgehead atoms. The maximum absolute atomic E-state index is 9.07. The fourth-order valence-electron chi connectivity index (χ4n) is 3.35. The molecule has 1 aliphatic heterocycles. The predicted molar refractivity (Wildman–Crippen MR) is 99.8 cm³/mol. The molecule has 1 fully saturated rings. The molecule has 1 aromatic carbocycles. The largest absolute Gasteiger partial charge is 0.354 e. The van der Waals surface area contributed by atoms with Crippen molar-refractivity contribution in [3.63, 3.8) is 0 Å². The zero-order chi connectivity index (χ0) is 17.6. The summed E-state index contributed by atoms with van der Waals surface area (Å²) in [7, 11) is 0. The molecule has 25 heavy (non-hydrogen) atoms. The first kappa shape index (κ1) is 17.4. The second kappa shape index (κ2) is 8.09. The molecular formula is C20H25N5. The monoisotopic (exact) mass is 335 g/mol. The molecule has 2 heterocycles. The minimum absolute atomic E-state index is 0.261. The summed E-state index contributed by atoms with van der Waals surface area (Å²) in [4.78, 5) is 11.8. The Morgan fingerprint density at radius 1 is 1.24 bits per heavy atom. The van der Waals surface area contributed by atoms with Crippen LogP contribution >= 0.6 is 0 Å². The third kappa shape index (κ3) is 4.15. The number of piperazine rings is 1. The Kier molecular flexibility index (Phi) is 5.62. The summed E-state index contributed by atoms with van der Waals surface area (Å²) >= 11 is 0. The van der Waals surface area contributed by atoms with Crippen LogP contribution in [-0.4, -0.2) is 36.1 Å². The summed E-state index contributed by atoms with van der Waals surface area (Å²) in [5, 5.41) is 12.5. The van der Waals surface area contributed by atoms with Crippen LogP contribution in [0, 0.1) is 18.3 Å². The number of nitrogens with zero attached hydrogens (tertiary/aromatic N) is 4. The number of hydrogen-bond donors (Lipinski definition) is 1. The van der Waals surface area contributed by atoms with Gasteiger partial charge in [0.1, 0.15) is 11.6 Å². The Morgan fingerprint density at radius 2 is 2.04 bits per heavy atom. The second-order valence-corrected chi connectivity index (χ2v) is 6.48. The molecule has 1 aliphatic rings. The van der Waals surface area contributed by atoms with Crippen molar-refractivity contribution in [2.75, 3.05) is 31.1 Å². The van der Waals surface area contributed by atoms with Gasteiger partial charge in [-0.2, -0.15) is 5.26 Å². The number of nitrogens with one attached hydrogen (secondary N) is 1. The number of nitriles is 1. The van der Waals surface area contributed by atoms with Crippen LogP contribution in [0.1, 0.15) is 35.1 Å². The van der Waals surface area contributed by atoms with Gasteiger partial charge in [0.15, 0.2) is 0 Å². The Bertz CT molecular complexity index is 772. The van der Waals surface area contributed by atoms with Gasteiger partial charge in [0.2, 0.25) is 0 Å². The highest BCUT2D eigenvalue weighted by atomic mass is 15.2. The molecule has 0 saturated carbocycles. The van der Waals surface area contributed by atoms with Crippen LogP contribution in [0.2, 0.25) is 0 Å². The van der Waals surface area contributed by atoms with Crippen molar-refractivity contribution in [2.45, 2.75) is 33.1 Å². The van der Waals surface area contributed by atoms with Crippen LogP contribution in [0.15, 0.2) is 24.3 Å². The first-order chi connectivity index (χ1) is 12.2. The maximum Gasteiger partial charge on any atom is 0.145 e. The van der Waals surface area contributed by atoms with Gasteiger partial charge in [0, 0.05) is 43.9 Å². The van der Waals surface area contributed by atoms with Gasteiger partial charge in [-0.1, -0.05) is 36.8 Å². The molecule has 1 saturated heterocycles. The van der Waals surface area contributed by atoms with E-state index in [1.807, 2.05) is 0 Å². The van der Waals surface area contributed by atoms with E-state index in [0.29, 0.717) is 5.82 Å².